The second-order valence-electron chi connectivity index (χ2n) is 5.43. The van der Waals surface area contributed by atoms with Crippen LogP contribution in [-0.2, 0) is 12.8 Å². The van der Waals surface area contributed by atoms with Crippen LogP contribution in [0.1, 0.15) is 35.1 Å². The first-order valence-electron chi connectivity index (χ1n) is 6.77. The summed E-state index contributed by atoms with van der Waals surface area (Å²) in [7, 11) is 0. The number of hydrogen-bond donors (Lipinski definition) is 1. The third-order valence-corrected chi connectivity index (χ3v) is 4.35. The Hall–Kier alpha value is -1.69. The molecule has 21 heavy (non-hydrogen) atoms. The van der Waals surface area contributed by atoms with E-state index >= 15 is 0 Å². The van der Waals surface area contributed by atoms with Crippen molar-refractivity contribution in [1.82, 2.24) is 9.78 Å². The van der Waals surface area contributed by atoms with E-state index in [2.05, 4.69) is 28.0 Å². The molecule has 0 aliphatic heterocycles. The van der Waals surface area contributed by atoms with Crippen LogP contribution in [0.2, 0.25) is 0 Å². The summed E-state index contributed by atoms with van der Waals surface area (Å²) >= 11 is 3.31. The Balaban J connectivity index is 2.22. The van der Waals surface area contributed by atoms with Crippen LogP contribution in [0, 0.1) is 11.7 Å². The van der Waals surface area contributed by atoms with Crippen LogP contribution >= 0.6 is 15.9 Å². The standard InChI is InChI=1S/C15H14BrFN2O2/c1-8-2-5-12-10(6-8)14(15(20)21)18-19(12)13-7-9(16)3-4-11(13)17/h3-4,7-8H,2,5-6H2,1H3,(H,20,21). The van der Waals surface area contributed by atoms with Crippen LogP contribution in [0.5, 0.6) is 0 Å². The predicted octanol–water partition coefficient (Wildman–Crippen LogP) is 3.60. The highest BCUT2D eigenvalue weighted by Crippen LogP contribution is 2.31. The van der Waals surface area contributed by atoms with Gasteiger partial charge < -0.3 is 5.11 Å². The minimum Gasteiger partial charge on any atom is -0.476 e. The second kappa shape index (κ2) is 5.26. The number of halogens is 2. The van der Waals surface area contributed by atoms with Crippen molar-refractivity contribution >= 4 is 21.9 Å². The third kappa shape index (κ3) is 2.48. The van der Waals surface area contributed by atoms with E-state index < -0.39 is 11.8 Å². The normalized spacial score (nSPS) is 17.6. The highest BCUT2D eigenvalue weighted by atomic mass is 79.9. The molecule has 1 aromatic carbocycles. The van der Waals surface area contributed by atoms with Gasteiger partial charge in [0.1, 0.15) is 11.5 Å². The first kappa shape index (κ1) is 14.3. The summed E-state index contributed by atoms with van der Waals surface area (Å²) in [6.45, 7) is 2.09. The van der Waals surface area contributed by atoms with Crippen LogP contribution in [0.4, 0.5) is 4.39 Å². The van der Waals surface area contributed by atoms with Crippen molar-refractivity contribution < 1.29 is 14.3 Å². The summed E-state index contributed by atoms with van der Waals surface area (Å²) in [5.74, 6) is -1.06. The molecule has 0 spiro atoms. The summed E-state index contributed by atoms with van der Waals surface area (Å²) in [5, 5.41) is 13.5. The Bertz CT molecular complexity index is 727. The Kier molecular flexibility index (Phi) is 3.57. The third-order valence-electron chi connectivity index (χ3n) is 3.86. The molecule has 1 heterocycles. The van der Waals surface area contributed by atoms with E-state index in [0.717, 1.165) is 22.2 Å². The number of carboxylic acid groups (broad SMARTS) is 1. The van der Waals surface area contributed by atoms with Gasteiger partial charge in [0.05, 0.1) is 0 Å². The highest BCUT2D eigenvalue weighted by Gasteiger charge is 2.28. The topological polar surface area (TPSA) is 55.1 Å². The van der Waals surface area contributed by atoms with Gasteiger partial charge in [0.2, 0.25) is 0 Å². The van der Waals surface area contributed by atoms with Crippen molar-refractivity contribution in [3.63, 3.8) is 0 Å². The average molecular weight is 353 g/mol. The number of benzene rings is 1. The number of fused-ring (bicyclic) bond motifs is 1. The zero-order valence-corrected chi connectivity index (χ0v) is 13.0. The van der Waals surface area contributed by atoms with Crippen LogP contribution in [0.3, 0.4) is 0 Å². The minimum absolute atomic E-state index is 0.0379. The summed E-state index contributed by atoms with van der Waals surface area (Å²) in [4.78, 5) is 11.4. The molecule has 1 aliphatic carbocycles. The van der Waals surface area contributed by atoms with Crippen molar-refractivity contribution in [2.75, 3.05) is 0 Å². The Morgan fingerprint density at radius 1 is 1.52 bits per heavy atom. The molecule has 1 atom stereocenters. The van der Waals surface area contributed by atoms with E-state index in [0.29, 0.717) is 18.8 Å². The molecule has 0 radical (unpaired) electrons. The molecule has 3 rings (SSSR count). The van der Waals surface area contributed by atoms with E-state index in [1.54, 1.807) is 12.1 Å². The molecule has 6 heteroatoms. The Morgan fingerprint density at radius 2 is 2.29 bits per heavy atom. The van der Waals surface area contributed by atoms with Gasteiger partial charge in [-0.15, -0.1) is 0 Å². The van der Waals surface area contributed by atoms with Gasteiger partial charge in [-0.3, -0.25) is 0 Å². The maximum atomic E-state index is 14.1. The monoisotopic (exact) mass is 352 g/mol. The number of hydrogen-bond acceptors (Lipinski definition) is 2. The van der Waals surface area contributed by atoms with E-state index in [4.69, 9.17) is 0 Å². The van der Waals surface area contributed by atoms with Gasteiger partial charge in [0.15, 0.2) is 5.69 Å². The molecule has 1 aromatic heterocycles. The molecular weight excluding hydrogens is 339 g/mol. The summed E-state index contributed by atoms with van der Waals surface area (Å²) in [6, 6.07) is 4.57. The van der Waals surface area contributed by atoms with Crippen molar-refractivity contribution in [2.24, 2.45) is 5.92 Å². The number of aromatic nitrogens is 2. The largest absolute Gasteiger partial charge is 0.476 e. The second-order valence-corrected chi connectivity index (χ2v) is 6.35. The Morgan fingerprint density at radius 3 is 3.00 bits per heavy atom. The van der Waals surface area contributed by atoms with Gasteiger partial charge in [-0.05, 0) is 43.4 Å². The highest BCUT2D eigenvalue weighted by molar-refractivity contribution is 9.10. The molecule has 2 aromatic rings. The minimum atomic E-state index is -1.06. The van der Waals surface area contributed by atoms with Crippen LogP contribution in [-0.4, -0.2) is 20.9 Å². The van der Waals surface area contributed by atoms with Gasteiger partial charge >= 0.3 is 5.97 Å². The molecule has 0 saturated heterocycles. The van der Waals surface area contributed by atoms with Crippen molar-refractivity contribution in [3.05, 3.63) is 45.4 Å². The molecule has 0 bridgehead atoms. The predicted molar refractivity (Wildman–Crippen MR) is 79.4 cm³/mol. The maximum absolute atomic E-state index is 14.1. The molecule has 110 valence electrons. The summed E-state index contributed by atoms with van der Waals surface area (Å²) in [6.07, 6.45) is 2.34. The van der Waals surface area contributed by atoms with Crippen LogP contribution < -0.4 is 0 Å². The fraction of sp³-hybridized carbons (Fsp3) is 0.333. The van der Waals surface area contributed by atoms with Crippen LogP contribution in [0.15, 0.2) is 22.7 Å². The molecule has 1 aliphatic rings. The number of carbonyl (C=O) groups is 1. The van der Waals surface area contributed by atoms with Gasteiger partial charge in [-0.2, -0.15) is 5.10 Å². The number of rotatable bonds is 2. The Labute approximate surface area is 129 Å². The van der Waals surface area contributed by atoms with E-state index in [9.17, 15) is 14.3 Å². The van der Waals surface area contributed by atoms with Crippen molar-refractivity contribution in [2.45, 2.75) is 26.2 Å². The quantitative estimate of drug-likeness (QED) is 0.898. The van der Waals surface area contributed by atoms with E-state index in [1.807, 2.05) is 0 Å². The smallest absolute Gasteiger partial charge is 0.356 e. The van der Waals surface area contributed by atoms with Crippen LogP contribution in [0.25, 0.3) is 5.69 Å². The fourth-order valence-electron chi connectivity index (χ4n) is 2.81. The van der Waals surface area contributed by atoms with E-state index in [1.165, 1.54) is 10.7 Å². The number of aromatic carboxylic acids is 1. The average Bonchev–Trinajstić information content (AvgIpc) is 2.80. The first-order valence-corrected chi connectivity index (χ1v) is 7.56. The molecule has 4 nitrogen and oxygen atoms in total. The lowest BCUT2D eigenvalue weighted by molar-refractivity contribution is 0.0688. The lowest BCUT2D eigenvalue weighted by Gasteiger charge is -2.19. The maximum Gasteiger partial charge on any atom is 0.356 e. The van der Waals surface area contributed by atoms with Gasteiger partial charge in [-0.1, -0.05) is 22.9 Å². The zero-order chi connectivity index (χ0) is 15.1. The molecule has 0 amide bonds. The molecule has 1 unspecified atom stereocenters. The SMILES string of the molecule is CC1CCc2c(c(C(=O)O)nn2-c2cc(Br)ccc2F)C1. The lowest BCUT2D eigenvalue weighted by atomic mass is 9.87. The van der Waals surface area contributed by atoms with Crippen molar-refractivity contribution in [1.29, 1.82) is 0 Å². The number of nitrogens with zero attached hydrogens (tertiary/aromatic N) is 2. The summed E-state index contributed by atoms with van der Waals surface area (Å²) in [5.41, 5.74) is 1.86. The lowest BCUT2D eigenvalue weighted by Crippen LogP contribution is -2.15. The zero-order valence-electron chi connectivity index (χ0n) is 11.4. The van der Waals surface area contributed by atoms with Gasteiger partial charge in [-0.25, -0.2) is 13.9 Å². The molecule has 0 fully saturated rings. The van der Waals surface area contributed by atoms with Gasteiger partial charge in [0, 0.05) is 15.7 Å². The molecular formula is C15H14BrFN2O2. The molecule has 0 saturated carbocycles. The first-order chi connectivity index (χ1) is 9.97. The summed E-state index contributed by atoms with van der Waals surface area (Å²) < 4.78 is 16.3. The molecule has 1 N–H and O–H groups in total. The van der Waals surface area contributed by atoms with Crippen molar-refractivity contribution in [3.8, 4) is 5.69 Å². The van der Waals surface area contributed by atoms with Gasteiger partial charge in [0.25, 0.3) is 0 Å². The fourth-order valence-corrected chi connectivity index (χ4v) is 3.16. The van der Waals surface area contributed by atoms with E-state index in [-0.39, 0.29) is 11.4 Å². The number of carboxylic acids is 1.